The third-order valence-corrected chi connectivity index (χ3v) is 9.60. The molecule has 1 atom stereocenters. The number of sulfone groups is 1. The van der Waals surface area contributed by atoms with E-state index in [1.807, 2.05) is 13.8 Å². The lowest BCUT2D eigenvalue weighted by Gasteiger charge is -2.25. The lowest BCUT2D eigenvalue weighted by molar-refractivity contribution is 0.0951. The number of carbonyl (C=O) groups is 1. The van der Waals surface area contributed by atoms with Gasteiger partial charge in [-0.05, 0) is 72.7 Å². The Balaban J connectivity index is 1.58. The van der Waals surface area contributed by atoms with E-state index in [1.54, 1.807) is 60.7 Å². The number of amides is 1. The first-order valence-electron chi connectivity index (χ1n) is 14.8. The second kappa shape index (κ2) is 12.9. The first-order valence-corrected chi connectivity index (χ1v) is 16.3. The number of hydrogen-bond acceptors (Lipinski definition) is 7. The van der Waals surface area contributed by atoms with Crippen LogP contribution in [0, 0.1) is 11.3 Å². The summed E-state index contributed by atoms with van der Waals surface area (Å²) < 4.78 is 29.3. The monoisotopic (exact) mass is 610 g/mol. The Morgan fingerprint density at radius 1 is 1.09 bits per heavy atom. The van der Waals surface area contributed by atoms with Crippen LogP contribution in [-0.4, -0.2) is 35.0 Å². The molecular formula is C34H34N4O5S. The highest BCUT2D eigenvalue weighted by molar-refractivity contribution is 7.91. The quantitative estimate of drug-likeness (QED) is 0.227. The molecule has 0 saturated heterocycles. The van der Waals surface area contributed by atoms with E-state index in [2.05, 4.69) is 16.4 Å². The molecule has 226 valence electrons. The van der Waals surface area contributed by atoms with Gasteiger partial charge in [-0.25, -0.2) is 8.42 Å². The second-order valence-electron chi connectivity index (χ2n) is 10.9. The van der Waals surface area contributed by atoms with Crippen molar-refractivity contribution in [3.05, 3.63) is 106 Å². The van der Waals surface area contributed by atoms with Crippen molar-refractivity contribution < 1.29 is 18.3 Å². The lowest BCUT2D eigenvalue weighted by Crippen LogP contribution is -2.27. The summed E-state index contributed by atoms with van der Waals surface area (Å²) in [6, 6.07) is 21.6. The largest absolute Gasteiger partial charge is 0.493 e. The van der Waals surface area contributed by atoms with Gasteiger partial charge in [0.1, 0.15) is 5.82 Å². The zero-order valence-corrected chi connectivity index (χ0v) is 25.5. The minimum absolute atomic E-state index is 0.185. The molecule has 0 radical (unpaired) electrons. The van der Waals surface area contributed by atoms with Gasteiger partial charge in [0.05, 0.1) is 22.6 Å². The predicted molar refractivity (Wildman–Crippen MR) is 166 cm³/mol. The molecule has 1 fully saturated rings. The van der Waals surface area contributed by atoms with Crippen LogP contribution >= 0.6 is 0 Å². The fourth-order valence-corrected chi connectivity index (χ4v) is 6.71. The maximum Gasteiger partial charge on any atom is 0.296 e. The van der Waals surface area contributed by atoms with Gasteiger partial charge in [0, 0.05) is 18.0 Å². The molecule has 1 heterocycles. The van der Waals surface area contributed by atoms with Crippen LogP contribution in [0.2, 0.25) is 0 Å². The molecule has 1 amide bonds. The number of aromatic nitrogens is 2. The summed E-state index contributed by atoms with van der Waals surface area (Å²) in [6.45, 7) is 3.86. The molecule has 2 N–H and O–H groups in total. The molecule has 9 nitrogen and oxygen atoms in total. The molecule has 1 aromatic heterocycles. The maximum absolute atomic E-state index is 13.9. The first-order chi connectivity index (χ1) is 21.2. The normalized spacial score (nSPS) is 13.7. The molecule has 3 aromatic carbocycles. The standard InChI is InChI=1S/C34H34N4O5S/c1-3-5-13-30-37-33(40)31(34(41)38(30)29(4-2)24-10-8-9-22(20-24)21-35)44(42,43)26-18-14-23(15-19-26)27-11-6-7-12-28(27)32(39)36-25-16-17-25/h6-12,14-15,18-20,25,29,41H,3-5,13,16-17H2,1-2H3,(H,36,39). The highest BCUT2D eigenvalue weighted by Crippen LogP contribution is 2.34. The first kappa shape index (κ1) is 30.7. The maximum atomic E-state index is 13.9. The zero-order chi connectivity index (χ0) is 31.4. The molecular weight excluding hydrogens is 576 g/mol. The van der Waals surface area contributed by atoms with Crippen LogP contribution in [-0.2, 0) is 16.3 Å². The van der Waals surface area contributed by atoms with Crippen LogP contribution < -0.4 is 10.9 Å². The Bertz CT molecular complexity index is 1910. The number of aryl methyl sites for hydroxylation is 1. The summed E-state index contributed by atoms with van der Waals surface area (Å²) in [5.41, 5.74) is 1.83. The molecule has 0 bridgehead atoms. The second-order valence-corrected chi connectivity index (χ2v) is 12.8. The number of nitrogens with one attached hydrogen (secondary N) is 1. The van der Waals surface area contributed by atoms with Crippen molar-refractivity contribution in [2.75, 3.05) is 0 Å². The zero-order valence-electron chi connectivity index (χ0n) is 24.7. The molecule has 1 aliphatic rings. The van der Waals surface area contributed by atoms with E-state index in [-0.39, 0.29) is 22.7 Å². The molecule has 1 saturated carbocycles. The number of aromatic hydroxyl groups is 1. The summed E-state index contributed by atoms with van der Waals surface area (Å²) >= 11 is 0. The molecule has 1 aliphatic carbocycles. The number of benzene rings is 3. The fourth-order valence-electron chi connectivity index (χ4n) is 5.36. The highest BCUT2D eigenvalue weighted by atomic mass is 32.2. The Morgan fingerprint density at radius 3 is 2.48 bits per heavy atom. The van der Waals surface area contributed by atoms with Crippen LogP contribution in [0.3, 0.4) is 0 Å². The Morgan fingerprint density at radius 2 is 1.82 bits per heavy atom. The molecule has 0 spiro atoms. The van der Waals surface area contributed by atoms with Gasteiger partial charge in [-0.2, -0.15) is 10.2 Å². The van der Waals surface area contributed by atoms with Crippen molar-refractivity contribution in [1.29, 1.82) is 5.26 Å². The summed E-state index contributed by atoms with van der Waals surface area (Å²) in [6.07, 6.45) is 4.18. The molecule has 4 aromatic rings. The Labute approximate surface area is 256 Å². The van der Waals surface area contributed by atoms with E-state index < -0.39 is 32.2 Å². The van der Waals surface area contributed by atoms with Crippen molar-refractivity contribution in [3.8, 4) is 23.1 Å². The van der Waals surface area contributed by atoms with Gasteiger partial charge < -0.3 is 10.4 Å². The number of nitrogens with zero attached hydrogens (tertiary/aromatic N) is 3. The van der Waals surface area contributed by atoms with Gasteiger partial charge in [0.15, 0.2) is 4.90 Å². The van der Waals surface area contributed by atoms with E-state index >= 15 is 0 Å². The Kier molecular flexibility index (Phi) is 8.97. The summed E-state index contributed by atoms with van der Waals surface area (Å²) in [5, 5.41) is 24.0. The van der Waals surface area contributed by atoms with Gasteiger partial charge in [-0.15, -0.1) is 0 Å². The molecule has 0 aliphatic heterocycles. The van der Waals surface area contributed by atoms with E-state index in [0.717, 1.165) is 19.3 Å². The van der Waals surface area contributed by atoms with Gasteiger partial charge in [-0.3, -0.25) is 14.2 Å². The minimum atomic E-state index is -4.51. The number of nitriles is 1. The Hall–Kier alpha value is -4.75. The number of rotatable bonds is 11. The lowest BCUT2D eigenvalue weighted by atomic mass is 9.99. The van der Waals surface area contributed by atoms with Crippen molar-refractivity contribution in [1.82, 2.24) is 14.9 Å². The van der Waals surface area contributed by atoms with Crippen molar-refractivity contribution in [2.24, 2.45) is 0 Å². The molecule has 10 heteroatoms. The van der Waals surface area contributed by atoms with E-state index in [1.165, 1.54) is 16.7 Å². The molecule has 44 heavy (non-hydrogen) atoms. The number of hydrogen-bond donors (Lipinski definition) is 2. The summed E-state index contributed by atoms with van der Waals surface area (Å²) in [4.78, 5) is 29.3. The van der Waals surface area contributed by atoms with Crippen LogP contribution in [0.15, 0.2) is 87.4 Å². The number of unbranched alkanes of at least 4 members (excludes halogenated alkanes) is 1. The summed E-state index contributed by atoms with van der Waals surface area (Å²) in [5.74, 6) is -0.597. The van der Waals surface area contributed by atoms with E-state index in [0.29, 0.717) is 47.1 Å². The molecule has 5 rings (SSSR count). The average Bonchev–Trinajstić information content (AvgIpc) is 3.85. The van der Waals surface area contributed by atoms with Crippen molar-refractivity contribution in [2.45, 2.75) is 74.2 Å². The number of carbonyl (C=O) groups excluding carboxylic acids is 1. The fraction of sp³-hybridized carbons (Fsp3) is 0.294. The van der Waals surface area contributed by atoms with Gasteiger partial charge in [0.2, 0.25) is 15.7 Å². The van der Waals surface area contributed by atoms with Crippen LogP contribution in [0.5, 0.6) is 5.88 Å². The highest BCUT2D eigenvalue weighted by Gasteiger charge is 2.32. The van der Waals surface area contributed by atoms with Crippen LogP contribution in [0.4, 0.5) is 0 Å². The average molecular weight is 611 g/mol. The third-order valence-electron chi connectivity index (χ3n) is 7.82. The van der Waals surface area contributed by atoms with Crippen molar-refractivity contribution in [3.63, 3.8) is 0 Å². The smallest absolute Gasteiger partial charge is 0.296 e. The van der Waals surface area contributed by atoms with Gasteiger partial charge >= 0.3 is 0 Å². The van der Waals surface area contributed by atoms with E-state index in [9.17, 15) is 28.4 Å². The van der Waals surface area contributed by atoms with Gasteiger partial charge in [-0.1, -0.05) is 62.7 Å². The summed E-state index contributed by atoms with van der Waals surface area (Å²) in [7, 11) is -4.51. The minimum Gasteiger partial charge on any atom is -0.493 e. The molecule has 1 unspecified atom stereocenters. The predicted octanol–water partition coefficient (Wildman–Crippen LogP) is 5.55. The van der Waals surface area contributed by atoms with Crippen LogP contribution in [0.1, 0.15) is 79.3 Å². The van der Waals surface area contributed by atoms with Gasteiger partial charge in [0.25, 0.3) is 11.5 Å². The topological polar surface area (TPSA) is 142 Å². The third kappa shape index (κ3) is 6.15. The van der Waals surface area contributed by atoms with Crippen LogP contribution in [0.25, 0.3) is 11.1 Å². The SMILES string of the molecule is CCCCc1nc(=O)c(S(=O)(=O)c2ccc(-c3ccccc3C(=O)NC3CC3)cc2)c(O)n1C(CC)c1cccc(C#N)c1. The van der Waals surface area contributed by atoms with E-state index in [4.69, 9.17) is 0 Å². The van der Waals surface area contributed by atoms with Crippen molar-refractivity contribution >= 4 is 15.7 Å².